The van der Waals surface area contributed by atoms with Crippen LogP contribution >= 0.6 is 0 Å². The number of hydrogen-bond donors (Lipinski definition) is 4. The lowest BCUT2D eigenvalue weighted by Crippen LogP contribution is -2.52. The topological polar surface area (TPSA) is 117 Å². The van der Waals surface area contributed by atoms with Crippen LogP contribution in [0.5, 0.6) is 0 Å². The van der Waals surface area contributed by atoms with Crippen molar-refractivity contribution in [2.24, 2.45) is 11.1 Å². The summed E-state index contributed by atoms with van der Waals surface area (Å²) in [6.45, 7) is 5.52. The fraction of sp³-hybridized carbons (Fsp3) is 0.476. The number of fused-ring (bicyclic) bond motifs is 1. The maximum atomic E-state index is 13.0. The molecular weight excluding hydrogens is 356 g/mol. The lowest BCUT2D eigenvalue weighted by Gasteiger charge is -2.27. The number of Topliss-reactive ketones (excluding diaryl/α,β-unsaturated/α-hetero) is 1. The monoisotopic (exact) mass is 386 g/mol. The van der Waals surface area contributed by atoms with Gasteiger partial charge in [0.25, 0.3) is 0 Å². The van der Waals surface area contributed by atoms with Gasteiger partial charge in [0.1, 0.15) is 0 Å². The molecule has 0 fully saturated rings. The van der Waals surface area contributed by atoms with Crippen LogP contribution in [-0.4, -0.2) is 41.7 Å². The zero-order valence-corrected chi connectivity index (χ0v) is 17.0. The molecule has 1 aromatic heterocycles. The number of benzene rings is 1. The fourth-order valence-electron chi connectivity index (χ4n) is 3.22. The summed E-state index contributed by atoms with van der Waals surface area (Å²) in [6.07, 6.45) is 2.64. The van der Waals surface area contributed by atoms with Crippen molar-refractivity contribution in [3.8, 4) is 0 Å². The highest BCUT2D eigenvalue weighted by Gasteiger charge is 2.32. The molecule has 0 bridgehead atoms. The van der Waals surface area contributed by atoms with Gasteiger partial charge in [0.2, 0.25) is 11.8 Å². The molecule has 0 unspecified atom stereocenters. The van der Waals surface area contributed by atoms with E-state index in [1.54, 1.807) is 7.05 Å². The quantitative estimate of drug-likeness (QED) is 0.524. The number of carbonyl (C=O) groups excluding carboxylic acids is 3. The third-order valence-electron chi connectivity index (χ3n) is 4.82. The third kappa shape index (κ3) is 5.42. The van der Waals surface area contributed by atoms with Crippen LogP contribution in [0.3, 0.4) is 0 Å². The number of nitrogens with one attached hydrogen (secondary N) is 3. The fourth-order valence-corrected chi connectivity index (χ4v) is 3.22. The van der Waals surface area contributed by atoms with E-state index in [2.05, 4.69) is 15.6 Å². The summed E-state index contributed by atoms with van der Waals surface area (Å²) in [7, 11) is 1.64. The first-order valence-corrected chi connectivity index (χ1v) is 9.48. The number of para-hydroxylation sites is 1. The van der Waals surface area contributed by atoms with Crippen molar-refractivity contribution >= 4 is 28.5 Å². The number of likely N-dealkylation sites (N-methyl/N-ethyl adjacent to an activating group) is 1. The van der Waals surface area contributed by atoms with Crippen LogP contribution in [0.25, 0.3) is 10.9 Å². The second-order valence-electron chi connectivity index (χ2n) is 8.09. The van der Waals surface area contributed by atoms with E-state index in [1.165, 1.54) is 0 Å². The van der Waals surface area contributed by atoms with Crippen LogP contribution in [0.15, 0.2) is 30.5 Å². The molecule has 28 heavy (non-hydrogen) atoms. The molecule has 0 aliphatic rings. The van der Waals surface area contributed by atoms with Gasteiger partial charge in [-0.05, 0) is 25.1 Å². The Bertz CT molecular complexity index is 851. The number of amides is 2. The van der Waals surface area contributed by atoms with Crippen LogP contribution in [0.4, 0.5) is 0 Å². The van der Waals surface area contributed by atoms with Crippen molar-refractivity contribution in [2.75, 3.05) is 7.05 Å². The van der Waals surface area contributed by atoms with Crippen molar-refractivity contribution < 1.29 is 14.4 Å². The molecule has 2 amide bonds. The molecule has 7 nitrogen and oxygen atoms in total. The van der Waals surface area contributed by atoms with Crippen LogP contribution < -0.4 is 16.4 Å². The average molecular weight is 386 g/mol. The maximum absolute atomic E-state index is 13.0. The molecule has 152 valence electrons. The Hall–Kier alpha value is -2.67. The molecule has 2 aromatic rings. The smallest absolute Gasteiger partial charge is 0.237 e. The number of H-pyrrole nitrogens is 1. The van der Waals surface area contributed by atoms with Crippen LogP contribution in [0, 0.1) is 5.41 Å². The molecule has 0 aliphatic carbocycles. The van der Waals surface area contributed by atoms with E-state index < -0.39 is 23.4 Å². The minimum absolute atomic E-state index is 0.0455. The SMILES string of the molecule is CN[C@@H](CCC(N)=O)C(=O)N[C@@H](Cc1c[nH]c2ccccc12)C(=O)C(C)(C)C. The van der Waals surface area contributed by atoms with Gasteiger partial charge in [0, 0.05) is 35.4 Å². The number of rotatable bonds is 9. The Balaban J connectivity index is 2.23. The third-order valence-corrected chi connectivity index (χ3v) is 4.82. The van der Waals surface area contributed by atoms with Crippen molar-refractivity contribution in [3.63, 3.8) is 0 Å². The molecule has 0 radical (unpaired) electrons. The van der Waals surface area contributed by atoms with Gasteiger partial charge in [-0.2, -0.15) is 0 Å². The second kappa shape index (κ2) is 9.01. The number of nitrogens with two attached hydrogens (primary N) is 1. The van der Waals surface area contributed by atoms with E-state index >= 15 is 0 Å². The molecule has 2 rings (SSSR count). The predicted molar refractivity (Wildman–Crippen MR) is 110 cm³/mol. The van der Waals surface area contributed by atoms with Gasteiger partial charge in [0.05, 0.1) is 12.1 Å². The lowest BCUT2D eigenvalue weighted by atomic mass is 9.84. The number of aromatic amines is 1. The Morgan fingerprint density at radius 3 is 2.43 bits per heavy atom. The van der Waals surface area contributed by atoms with Gasteiger partial charge >= 0.3 is 0 Å². The summed E-state index contributed by atoms with van der Waals surface area (Å²) >= 11 is 0. The highest BCUT2D eigenvalue weighted by molar-refractivity contribution is 5.94. The van der Waals surface area contributed by atoms with Crippen LogP contribution in [-0.2, 0) is 20.8 Å². The number of carbonyl (C=O) groups is 3. The molecule has 1 heterocycles. The van der Waals surface area contributed by atoms with E-state index in [4.69, 9.17) is 5.73 Å². The van der Waals surface area contributed by atoms with E-state index in [9.17, 15) is 14.4 Å². The summed E-state index contributed by atoms with van der Waals surface area (Å²) < 4.78 is 0. The maximum Gasteiger partial charge on any atom is 0.237 e. The van der Waals surface area contributed by atoms with E-state index in [0.717, 1.165) is 16.5 Å². The number of primary amides is 1. The molecule has 5 N–H and O–H groups in total. The van der Waals surface area contributed by atoms with Crippen molar-refractivity contribution in [1.29, 1.82) is 0 Å². The summed E-state index contributed by atoms with van der Waals surface area (Å²) in [6, 6.07) is 6.59. The summed E-state index contributed by atoms with van der Waals surface area (Å²) in [5.41, 5.74) is 6.54. The van der Waals surface area contributed by atoms with Gasteiger partial charge < -0.3 is 21.4 Å². The van der Waals surface area contributed by atoms with Gasteiger partial charge in [-0.3, -0.25) is 14.4 Å². The number of hydrogen-bond acceptors (Lipinski definition) is 4. The standard InChI is InChI=1S/C21H30N4O3/c1-21(2,3)19(27)17(25-20(28)16(23-4)9-10-18(22)26)11-13-12-24-15-8-6-5-7-14(13)15/h5-8,12,16-17,23-24H,9-11H2,1-4H3,(H2,22,26)(H,25,28)/t16-,17-/m0/s1. The predicted octanol–water partition coefficient (Wildman–Crippen LogP) is 1.66. The van der Waals surface area contributed by atoms with E-state index in [0.29, 0.717) is 6.42 Å². The summed E-state index contributed by atoms with van der Waals surface area (Å²) in [5.74, 6) is -0.823. The first-order chi connectivity index (χ1) is 13.1. The number of aromatic nitrogens is 1. The Morgan fingerprint density at radius 2 is 1.82 bits per heavy atom. The van der Waals surface area contributed by atoms with Gasteiger partial charge in [-0.25, -0.2) is 0 Å². The van der Waals surface area contributed by atoms with Crippen molar-refractivity contribution in [1.82, 2.24) is 15.6 Å². The summed E-state index contributed by atoms with van der Waals surface area (Å²) in [5, 5.41) is 6.81. The zero-order chi connectivity index (χ0) is 20.9. The van der Waals surface area contributed by atoms with E-state index in [1.807, 2.05) is 51.2 Å². The molecule has 0 saturated heterocycles. The first kappa shape index (κ1) is 21.6. The minimum Gasteiger partial charge on any atom is -0.370 e. The van der Waals surface area contributed by atoms with Crippen LogP contribution in [0.1, 0.15) is 39.2 Å². The Kier molecular flexibility index (Phi) is 6.96. The lowest BCUT2D eigenvalue weighted by molar-refractivity contribution is -0.133. The molecule has 2 atom stereocenters. The molecule has 0 aliphatic heterocycles. The minimum atomic E-state index is -0.670. The highest BCUT2D eigenvalue weighted by Crippen LogP contribution is 2.23. The highest BCUT2D eigenvalue weighted by atomic mass is 16.2. The zero-order valence-electron chi connectivity index (χ0n) is 17.0. The molecule has 0 spiro atoms. The first-order valence-electron chi connectivity index (χ1n) is 9.48. The number of ketones is 1. The Labute approximate surface area is 165 Å². The molecule has 7 heteroatoms. The molecular formula is C21H30N4O3. The largest absolute Gasteiger partial charge is 0.370 e. The van der Waals surface area contributed by atoms with Gasteiger partial charge in [-0.1, -0.05) is 39.0 Å². The normalized spacial score (nSPS) is 13.9. The average Bonchev–Trinajstić information content (AvgIpc) is 3.03. The Morgan fingerprint density at radius 1 is 1.14 bits per heavy atom. The van der Waals surface area contributed by atoms with Gasteiger partial charge in [0.15, 0.2) is 5.78 Å². The molecule has 0 saturated carbocycles. The van der Waals surface area contributed by atoms with Crippen molar-refractivity contribution in [2.45, 2.75) is 52.1 Å². The molecule has 1 aromatic carbocycles. The van der Waals surface area contributed by atoms with Gasteiger partial charge in [-0.15, -0.1) is 0 Å². The van der Waals surface area contributed by atoms with Crippen LogP contribution in [0.2, 0.25) is 0 Å². The van der Waals surface area contributed by atoms with E-state index in [-0.39, 0.29) is 24.5 Å². The second-order valence-corrected chi connectivity index (χ2v) is 8.09. The van der Waals surface area contributed by atoms with Crippen molar-refractivity contribution in [3.05, 3.63) is 36.0 Å². The summed E-state index contributed by atoms with van der Waals surface area (Å²) in [4.78, 5) is 40.0.